The molecule has 5 nitrogen and oxygen atoms in total. The predicted octanol–water partition coefficient (Wildman–Crippen LogP) is 2.32. The lowest BCUT2D eigenvalue weighted by atomic mass is 9.98. The lowest BCUT2D eigenvalue weighted by molar-refractivity contribution is -0.140. The van der Waals surface area contributed by atoms with Crippen molar-refractivity contribution in [2.24, 2.45) is 11.8 Å². The van der Waals surface area contributed by atoms with Crippen LogP contribution in [-0.4, -0.2) is 41.1 Å². The van der Waals surface area contributed by atoms with E-state index in [-0.39, 0.29) is 11.9 Å². The smallest absolute Gasteiger partial charge is 0.326 e. The monoisotopic (exact) mass is 270 g/mol. The third-order valence-electron chi connectivity index (χ3n) is 3.92. The molecule has 2 N–H and O–H groups in total. The lowest BCUT2D eigenvalue weighted by Gasteiger charge is -2.25. The third kappa shape index (κ3) is 4.73. The summed E-state index contributed by atoms with van der Waals surface area (Å²) in [6, 6.07) is -1.05. The van der Waals surface area contributed by atoms with Crippen LogP contribution in [0.5, 0.6) is 0 Å². The van der Waals surface area contributed by atoms with Crippen molar-refractivity contribution >= 4 is 12.0 Å². The molecule has 2 amide bonds. The molecule has 5 heteroatoms. The van der Waals surface area contributed by atoms with Crippen LogP contribution in [0, 0.1) is 11.8 Å². The molecule has 0 aromatic carbocycles. The van der Waals surface area contributed by atoms with Crippen LogP contribution in [0.1, 0.15) is 46.5 Å². The van der Waals surface area contributed by atoms with E-state index in [2.05, 4.69) is 12.2 Å². The minimum absolute atomic E-state index is 0.114. The van der Waals surface area contributed by atoms with Gasteiger partial charge in [0.1, 0.15) is 6.04 Å². The quantitative estimate of drug-likeness (QED) is 0.823. The van der Waals surface area contributed by atoms with Gasteiger partial charge in [0, 0.05) is 13.1 Å². The van der Waals surface area contributed by atoms with E-state index in [0.717, 1.165) is 38.8 Å². The Morgan fingerprint density at radius 3 is 2.53 bits per heavy atom. The molecule has 1 aliphatic rings. The van der Waals surface area contributed by atoms with E-state index in [1.807, 2.05) is 0 Å². The van der Waals surface area contributed by atoms with Crippen LogP contribution >= 0.6 is 0 Å². The molecule has 0 aromatic rings. The van der Waals surface area contributed by atoms with Gasteiger partial charge in [0.15, 0.2) is 0 Å². The number of hydrogen-bond donors (Lipinski definition) is 2. The van der Waals surface area contributed by atoms with Crippen LogP contribution in [0.2, 0.25) is 0 Å². The Bertz CT molecular complexity index is 318. The summed E-state index contributed by atoms with van der Waals surface area (Å²) in [7, 11) is 0. The van der Waals surface area contributed by atoms with Crippen molar-refractivity contribution in [1.82, 2.24) is 10.2 Å². The number of carbonyl (C=O) groups excluding carboxylic acids is 1. The van der Waals surface area contributed by atoms with Gasteiger partial charge in [0.2, 0.25) is 0 Å². The molecule has 1 fully saturated rings. The first kappa shape index (κ1) is 15.8. The van der Waals surface area contributed by atoms with Crippen LogP contribution in [0.4, 0.5) is 4.79 Å². The van der Waals surface area contributed by atoms with E-state index in [1.165, 1.54) is 0 Å². The molecule has 1 aliphatic heterocycles. The molecule has 0 radical (unpaired) electrons. The highest BCUT2D eigenvalue weighted by Crippen LogP contribution is 2.20. The number of carbonyl (C=O) groups is 2. The van der Waals surface area contributed by atoms with E-state index >= 15 is 0 Å². The van der Waals surface area contributed by atoms with Crippen LogP contribution in [0.3, 0.4) is 0 Å². The first-order valence-electron chi connectivity index (χ1n) is 7.24. The van der Waals surface area contributed by atoms with Gasteiger partial charge in [-0.25, -0.2) is 9.59 Å². The van der Waals surface area contributed by atoms with Crippen LogP contribution < -0.4 is 5.32 Å². The van der Waals surface area contributed by atoms with Crippen molar-refractivity contribution in [1.29, 1.82) is 0 Å². The molecular formula is C14H26N2O3. The SMILES string of the molecule is CCC1CCCN(C(=O)NC(C(=O)O)C(C)C)CC1. The fourth-order valence-corrected chi connectivity index (χ4v) is 2.51. The Morgan fingerprint density at radius 2 is 2.00 bits per heavy atom. The third-order valence-corrected chi connectivity index (χ3v) is 3.92. The topological polar surface area (TPSA) is 69.6 Å². The van der Waals surface area contributed by atoms with Gasteiger partial charge in [0.05, 0.1) is 0 Å². The van der Waals surface area contributed by atoms with Gasteiger partial charge in [-0.05, 0) is 31.1 Å². The molecule has 2 unspecified atom stereocenters. The number of hydrogen-bond acceptors (Lipinski definition) is 2. The Hall–Kier alpha value is -1.26. The zero-order valence-electron chi connectivity index (χ0n) is 12.2. The summed E-state index contributed by atoms with van der Waals surface area (Å²) in [4.78, 5) is 25.0. The van der Waals surface area contributed by atoms with Crippen LogP contribution in [0.25, 0.3) is 0 Å². The fraction of sp³-hybridized carbons (Fsp3) is 0.857. The maximum absolute atomic E-state index is 12.1. The Balaban J connectivity index is 2.55. The molecule has 0 bridgehead atoms. The number of urea groups is 1. The van der Waals surface area contributed by atoms with Crippen molar-refractivity contribution in [3.8, 4) is 0 Å². The molecule has 0 saturated carbocycles. The molecule has 2 atom stereocenters. The first-order chi connectivity index (χ1) is 8.95. The second kappa shape index (κ2) is 7.36. The van der Waals surface area contributed by atoms with Crippen molar-refractivity contribution < 1.29 is 14.7 Å². The van der Waals surface area contributed by atoms with E-state index in [1.54, 1.807) is 18.7 Å². The second-order valence-corrected chi connectivity index (χ2v) is 5.70. The van der Waals surface area contributed by atoms with Gasteiger partial charge in [0.25, 0.3) is 0 Å². The highest BCUT2D eigenvalue weighted by atomic mass is 16.4. The number of rotatable bonds is 4. The van der Waals surface area contributed by atoms with Gasteiger partial charge >= 0.3 is 12.0 Å². The summed E-state index contributed by atoms with van der Waals surface area (Å²) in [5, 5.41) is 11.7. The molecule has 19 heavy (non-hydrogen) atoms. The largest absolute Gasteiger partial charge is 0.480 e. The highest BCUT2D eigenvalue weighted by Gasteiger charge is 2.27. The van der Waals surface area contributed by atoms with Crippen molar-refractivity contribution in [2.45, 2.75) is 52.5 Å². The van der Waals surface area contributed by atoms with Crippen LogP contribution in [-0.2, 0) is 4.79 Å². The summed E-state index contributed by atoms with van der Waals surface area (Å²) in [5.41, 5.74) is 0. The first-order valence-corrected chi connectivity index (χ1v) is 7.24. The number of carboxylic acid groups (broad SMARTS) is 1. The van der Waals surface area contributed by atoms with E-state index in [0.29, 0.717) is 5.92 Å². The maximum Gasteiger partial charge on any atom is 0.326 e. The summed E-state index contributed by atoms with van der Waals surface area (Å²) < 4.78 is 0. The van der Waals surface area contributed by atoms with Gasteiger partial charge in [-0.3, -0.25) is 0 Å². The number of nitrogens with one attached hydrogen (secondary N) is 1. The molecule has 0 aromatic heterocycles. The van der Waals surface area contributed by atoms with Gasteiger partial charge < -0.3 is 15.3 Å². The molecule has 110 valence electrons. The molecular weight excluding hydrogens is 244 g/mol. The number of amides is 2. The molecule has 0 aliphatic carbocycles. The van der Waals surface area contributed by atoms with Crippen molar-refractivity contribution in [3.63, 3.8) is 0 Å². The number of nitrogens with zero attached hydrogens (tertiary/aromatic N) is 1. The van der Waals surface area contributed by atoms with Crippen molar-refractivity contribution in [2.75, 3.05) is 13.1 Å². The van der Waals surface area contributed by atoms with Crippen molar-refractivity contribution in [3.05, 3.63) is 0 Å². The molecule has 1 saturated heterocycles. The summed E-state index contributed by atoms with van der Waals surface area (Å²) in [6.07, 6.45) is 4.33. The van der Waals surface area contributed by atoms with Gasteiger partial charge in [-0.15, -0.1) is 0 Å². The maximum atomic E-state index is 12.1. The molecule has 1 heterocycles. The molecule has 1 rings (SSSR count). The molecule has 0 spiro atoms. The Kier molecular flexibility index (Phi) is 6.12. The summed E-state index contributed by atoms with van der Waals surface area (Å²) >= 11 is 0. The lowest BCUT2D eigenvalue weighted by Crippen LogP contribution is -2.50. The standard InChI is InChI=1S/C14H26N2O3/c1-4-11-6-5-8-16(9-7-11)14(19)15-12(10(2)3)13(17)18/h10-12H,4-9H2,1-3H3,(H,15,19)(H,17,18). The number of carboxylic acids is 1. The minimum atomic E-state index is -0.968. The summed E-state index contributed by atoms with van der Waals surface area (Å²) in [5.74, 6) is -0.389. The van der Waals surface area contributed by atoms with E-state index < -0.39 is 12.0 Å². The average molecular weight is 270 g/mol. The number of aliphatic carboxylic acids is 1. The minimum Gasteiger partial charge on any atom is -0.480 e. The normalized spacial score (nSPS) is 21.9. The summed E-state index contributed by atoms with van der Waals surface area (Å²) in [6.45, 7) is 7.24. The number of likely N-dealkylation sites (tertiary alicyclic amines) is 1. The zero-order chi connectivity index (χ0) is 14.4. The average Bonchev–Trinajstić information content (AvgIpc) is 2.59. The van der Waals surface area contributed by atoms with E-state index in [4.69, 9.17) is 5.11 Å². The van der Waals surface area contributed by atoms with Gasteiger partial charge in [-0.1, -0.05) is 27.2 Å². The highest BCUT2D eigenvalue weighted by molar-refractivity contribution is 5.82. The zero-order valence-corrected chi connectivity index (χ0v) is 12.2. The van der Waals surface area contributed by atoms with Crippen LogP contribution in [0.15, 0.2) is 0 Å². The Morgan fingerprint density at radius 1 is 1.32 bits per heavy atom. The van der Waals surface area contributed by atoms with Gasteiger partial charge in [-0.2, -0.15) is 0 Å². The second-order valence-electron chi connectivity index (χ2n) is 5.70. The fourth-order valence-electron chi connectivity index (χ4n) is 2.51. The van der Waals surface area contributed by atoms with E-state index in [9.17, 15) is 9.59 Å². The predicted molar refractivity (Wildman–Crippen MR) is 74.0 cm³/mol. The Labute approximate surface area is 115 Å².